The summed E-state index contributed by atoms with van der Waals surface area (Å²) in [6, 6.07) is 0.474. The molecule has 2 N–H and O–H groups in total. The summed E-state index contributed by atoms with van der Waals surface area (Å²) < 4.78 is 0. The molecule has 0 spiro atoms. The van der Waals surface area contributed by atoms with Gasteiger partial charge in [0.15, 0.2) is 0 Å². The summed E-state index contributed by atoms with van der Waals surface area (Å²) in [6.45, 7) is 4.15. The lowest BCUT2D eigenvalue weighted by molar-refractivity contribution is 0.184. The van der Waals surface area contributed by atoms with Gasteiger partial charge in [-0.25, -0.2) is 4.79 Å². The Balaban J connectivity index is 2.63. The second-order valence-corrected chi connectivity index (χ2v) is 3.23. The lowest BCUT2D eigenvalue weighted by atomic mass is 10.2. The van der Waals surface area contributed by atoms with Crippen LogP contribution < -0.4 is 5.73 Å². The summed E-state index contributed by atoms with van der Waals surface area (Å²) in [7, 11) is 0. The predicted molar refractivity (Wildman–Crippen MR) is 44.2 cm³/mol. The quantitative estimate of drug-likeness (QED) is 0.611. The zero-order valence-electron chi connectivity index (χ0n) is 7.21. The molecule has 11 heavy (non-hydrogen) atoms. The van der Waals surface area contributed by atoms with Gasteiger partial charge in [-0.1, -0.05) is 6.92 Å². The van der Waals surface area contributed by atoms with Crippen LogP contribution in [0.4, 0.5) is 4.79 Å². The average Bonchev–Trinajstić information content (AvgIpc) is 2.30. The highest BCUT2D eigenvalue weighted by Crippen LogP contribution is 2.24. The zero-order valence-corrected chi connectivity index (χ0v) is 7.21. The first kappa shape index (κ1) is 8.37. The summed E-state index contributed by atoms with van der Waals surface area (Å²) >= 11 is 0. The number of likely N-dealkylation sites (tertiary alicyclic amines) is 1. The van der Waals surface area contributed by atoms with E-state index >= 15 is 0 Å². The second kappa shape index (κ2) is 3.11. The lowest BCUT2D eigenvalue weighted by Gasteiger charge is -2.25. The van der Waals surface area contributed by atoms with E-state index in [0.29, 0.717) is 12.1 Å². The molecule has 0 aromatic rings. The fourth-order valence-electron chi connectivity index (χ4n) is 1.87. The van der Waals surface area contributed by atoms with E-state index < -0.39 is 0 Å². The number of amides is 2. The first-order valence-electron chi connectivity index (χ1n) is 4.24. The maximum atomic E-state index is 10.9. The fraction of sp³-hybridized carbons (Fsp3) is 0.875. The summed E-state index contributed by atoms with van der Waals surface area (Å²) in [4.78, 5) is 12.7. The van der Waals surface area contributed by atoms with Crippen LogP contribution in [0.15, 0.2) is 0 Å². The summed E-state index contributed by atoms with van der Waals surface area (Å²) in [5, 5.41) is 0. The first-order valence-corrected chi connectivity index (χ1v) is 4.24. The monoisotopic (exact) mass is 156 g/mol. The maximum Gasteiger partial charge on any atom is 0.315 e. The van der Waals surface area contributed by atoms with Crippen molar-refractivity contribution < 1.29 is 4.79 Å². The van der Waals surface area contributed by atoms with Gasteiger partial charge < -0.3 is 10.6 Å². The Hall–Kier alpha value is -0.730. The van der Waals surface area contributed by atoms with Crippen molar-refractivity contribution in [2.45, 2.75) is 45.2 Å². The van der Waals surface area contributed by atoms with Crippen LogP contribution in [0.25, 0.3) is 0 Å². The van der Waals surface area contributed by atoms with Gasteiger partial charge in [0.25, 0.3) is 0 Å². The molecule has 2 unspecified atom stereocenters. The summed E-state index contributed by atoms with van der Waals surface area (Å²) in [5.41, 5.74) is 5.24. The van der Waals surface area contributed by atoms with E-state index in [1.54, 1.807) is 4.90 Å². The van der Waals surface area contributed by atoms with Crippen molar-refractivity contribution in [3.05, 3.63) is 0 Å². The highest BCUT2D eigenvalue weighted by Gasteiger charge is 2.31. The molecule has 0 bridgehead atoms. The van der Waals surface area contributed by atoms with Crippen LogP contribution in [0, 0.1) is 0 Å². The van der Waals surface area contributed by atoms with Crippen LogP contribution in [0.1, 0.15) is 33.1 Å². The number of hydrogen-bond acceptors (Lipinski definition) is 1. The Bertz CT molecular complexity index is 158. The highest BCUT2D eigenvalue weighted by atomic mass is 16.2. The van der Waals surface area contributed by atoms with E-state index in [-0.39, 0.29) is 6.03 Å². The van der Waals surface area contributed by atoms with Crippen LogP contribution in [-0.4, -0.2) is 23.0 Å². The molecule has 0 saturated carbocycles. The average molecular weight is 156 g/mol. The number of urea groups is 1. The molecule has 3 heteroatoms. The number of carbonyl (C=O) groups is 1. The molecule has 1 fully saturated rings. The highest BCUT2D eigenvalue weighted by molar-refractivity contribution is 5.73. The van der Waals surface area contributed by atoms with Crippen molar-refractivity contribution in [2.24, 2.45) is 5.73 Å². The second-order valence-electron chi connectivity index (χ2n) is 3.23. The van der Waals surface area contributed by atoms with Crippen molar-refractivity contribution >= 4 is 6.03 Å². The first-order chi connectivity index (χ1) is 5.16. The van der Waals surface area contributed by atoms with Crippen LogP contribution in [0.5, 0.6) is 0 Å². The smallest absolute Gasteiger partial charge is 0.315 e. The van der Waals surface area contributed by atoms with Crippen LogP contribution in [0.2, 0.25) is 0 Å². The van der Waals surface area contributed by atoms with E-state index in [2.05, 4.69) is 13.8 Å². The number of hydrogen-bond donors (Lipinski definition) is 1. The molecule has 2 atom stereocenters. The van der Waals surface area contributed by atoms with E-state index in [9.17, 15) is 4.79 Å². The fourth-order valence-corrected chi connectivity index (χ4v) is 1.87. The van der Waals surface area contributed by atoms with Crippen molar-refractivity contribution in [3.63, 3.8) is 0 Å². The normalized spacial score (nSPS) is 30.9. The zero-order chi connectivity index (χ0) is 8.43. The molecule has 0 radical (unpaired) electrons. The van der Waals surface area contributed by atoms with Crippen molar-refractivity contribution in [1.29, 1.82) is 0 Å². The molecule has 0 aliphatic carbocycles. The molecule has 1 aliphatic rings. The third-order valence-electron chi connectivity index (χ3n) is 2.51. The maximum absolute atomic E-state index is 10.9. The van der Waals surface area contributed by atoms with Crippen molar-refractivity contribution in [2.75, 3.05) is 0 Å². The standard InChI is InChI=1S/C8H16N2O/c1-3-7-5-4-6(2)10(7)8(9)11/h6-7H,3-5H2,1-2H3,(H2,9,11). The summed E-state index contributed by atoms with van der Waals surface area (Å²) in [6.07, 6.45) is 3.23. The number of primary amides is 1. The Morgan fingerprint density at radius 2 is 2.27 bits per heavy atom. The van der Waals surface area contributed by atoms with Gasteiger partial charge in [0, 0.05) is 12.1 Å². The minimum atomic E-state index is -0.262. The minimum Gasteiger partial charge on any atom is -0.351 e. The predicted octanol–water partition coefficient (Wildman–Crippen LogP) is 1.33. The third kappa shape index (κ3) is 1.47. The third-order valence-corrected chi connectivity index (χ3v) is 2.51. The topological polar surface area (TPSA) is 46.3 Å². The van der Waals surface area contributed by atoms with Gasteiger partial charge in [-0.2, -0.15) is 0 Å². The van der Waals surface area contributed by atoms with Gasteiger partial charge in [0.05, 0.1) is 0 Å². The number of rotatable bonds is 1. The molecule has 1 aliphatic heterocycles. The van der Waals surface area contributed by atoms with Crippen LogP contribution in [0.3, 0.4) is 0 Å². The molecule has 2 amide bonds. The van der Waals surface area contributed by atoms with Gasteiger partial charge in [-0.3, -0.25) is 0 Å². The van der Waals surface area contributed by atoms with Crippen molar-refractivity contribution in [1.82, 2.24) is 4.90 Å². The van der Waals surface area contributed by atoms with Gasteiger partial charge in [0.2, 0.25) is 0 Å². The van der Waals surface area contributed by atoms with Gasteiger partial charge in [0.1, 0.15) is 0 Å². The number of nitrogens with zero attached hydrogens (tertiary/aromatic N) is 1. The van der Waals surface area contributed by atoms with E-state index in [4.69, 9.17) is 5.73 Å². The number of nitrogens with two attached hydrogens (primary N) is 1. The Morgan fingerprint density at radius 3 is 2.64 bits per heavy atom. The lowest BCUT2D eigenvalue weighted by Crippen LogP contribution is -2.43. The molecule has 0 aromatic carbocycles. The largest absolute Gasteiger partial charge is 0.351 e. The van der Waals surface area contributed by atoms with Gasteiger partial charge in [-0.15, -0.1) is 0 Å². The van der Waals surface area contributed by atoms with E-state index in [1.807, 2.05) is 0 Å². The number of carbonyl (C=O) groups excluding carboxylic acids is 1. The Morgan fingerprint density at radius 1 is 1.64 bits per heavy atom. The SMILES string of the molecule is CCC1CCC(C)N1C(N)=O. The van der Waals surface area contributed by atoms with Crippen LogP contribution in [-0.2, 0) is 0 Å². The minimum absolute atomic E-state index is 0.262. The van der Waals surface area contributed by atoms with Crippen molar-refractivity contribution in [3.8, 4) is 0 Å². The molecule has 1 heterocycles. The van der Waals surface area contributed by atoms with E-state index in [1.165, 1.54) is 0 Å². The van der Waals surface area contributed by atoms with Crippen LogP contribution >= 0.6 is 0 Å². The Labute approximate surface area is 67.5 Å². The van der Waals surface area contributed by atoms with Gasteiger partial charge in [-0.05, 0) is 26.2 Å². The van der Waals surface area contributed by atoms with E-state index in [0.717, 1.165) is 19.3 Å². The molecule has 1 saturated heterocycles. The van der Waals surface area contributed by atoms with Gasteiger partial charge >= 0.3 is 6.03 Å². The molecular formula is C8H16N2O. The molecule has 3 nitrogen and oxygen atoms in total. The molecule has 64 valence electrons. The molecule has 1 rings (SSSR count). The Kier molecular flexibility index (Phi) is 2.37. The molecular weight excluding hydrogens is 140 g/mol. The summed E-state index contributed by atoms with van der Waals surface area (Å²) in [5.74, 6) is 0. The molecule has 0 aromatic heterocycles.